The van der Waals surface area contributed by atoms with Crippen molar-refractivity contribution in [2.24, 2.45) is 9.98 Å². The molecule has 4 heteroatoms. The predicted octanol–water partition coefficient (Wildman–Crippen LogP) is 12.2. The van der Waals surface area contributed by atoms with Crippen molar-refractivity contribution in [2.45, 2.75) is 6.17 Å². The second-order valence-corrected chi connectivity index (χ2v) is 13.4. The van der Waals surface area contributed by atoms with E-state index < -0.39 is 6.17 Å². The molecule has 0 bridgehead atoms. The lowest BCUT2D eigenvalue weighted by atomic mass is 9.98. The van der Waals surface area contributed by atoms with Crippen LogP contribution < -0.4 is 5.32 Å². The Morgan fingerprint density at radius 2 is 1.00 bits per heavy atom. The Kier molecular flexibility index (Phi) is 7.51. The largest absolute Gasteiger partial charge is 0.455 e. The van der Waals surface area contributed by atoms with Crippen molar-refractivity contribution in [3.8, 4) is 33.4 Å². The molecule has 4 nitrogen and oxygen atoms in total. The van der Waals surface area contributed by atoms with Crippen LogP contribution in [-0.4, -0.2) is 11.7 Å². The Labute approximate surface area is 307 Å². The average molecular weight is 680 g/mol. The second kappa shape index (κ2) is 12.9. The number of benzene rings is 8. The van der Waals surface area contributed by atoms with Gasteiger partial charge in [-0.25, -0.2) is 9.98 Å². The number of furan rings is 1. The number of amidine groups is 2. The van der Waals surface area contributed by atoms with Gasteiger partial charge in [0.15, 0.2) is 6.17 Å². The van der Waals surface area contributed by atoms with Gasteiger partial charge < -0.3 is 9.73 Å². The molecule has 1 unspecified atom stereocenters. The minimum absolute atomic E-state index is 0.431. The summed E-state index contributed by atoms with van der Waals surface area (Å²) in [5.41, 5.74) is 11.6. The van der Waals surface area contributed by atoms with Gasteiger partial charge in [0.25, 0.3) is 0 Å². The van der Waals surface area contributed by atoms with E-state index in [-0.39, 0.29) is 0 Å². The van der Waals surface area contributed by atoms with E-state index in [0.717, 1.165) is 67.0 Å². The van der Waals surface area contributed by atoms with Gasteiger partial charge in [-0.3, -0.25) is 0 Å². The summed E-state index contributed by atoms with van der Waals surface area (Å²) in [4.78, 5) is 10.4. The van der Waals surface area contributed by atoms with E-state index in [1.54, 1.807) is 0 Å². The van der Waals surface area contributed by atoms with Crippen molar-refractivity contribution < 1.29 is 4.42 Å². The molecule has 2 heterocycles. The molecule has 1 aliphatic rings. The van der Waals surface area contributed by atoms with Crippen LogP contribution in [0.4, 0.5) is 0 Å². The van der Waals surface area contributed by atoms with E-state index in [4.69, 9.17) is 14.4 Å². The highest BCUT2D eigenvalue weighted by molar-refractivity contribution is 6.24. The molecule has 1 atom stereocenters. The van der Waals surface area contributed by atoms with Crippen LogP contribution in [0.3, 0.4) is 0 Å². The SMILES string of the molecule is c1ccc(C2=NC(c3ccc(-c4ccc5ccccc5c4)cc3)N=C(c3cccc4oc5c(-c6ccc(-c7ccccc7)cc6)cccc5c34)N2)cc1. The summed E-state index contributed by atoms with van der Waals surface area (Å²) in [5.74, 6) is 1.54. The van der Waals surface area contributed by atoms with Gasteiger partial charge in [0.1, 0.15) is 22.8 Å². The van der Waals surface area contributed by atoms with Gasteiger partial charge in [0, 0.05) is 27.5 Å². The lowest BCUT2D eigenvalue weighted by Crippen LogP contribution is -2.36. The summed E-state index contributed by atoms with van der Waals surface area (Å²) in [6, 6.07) is 65.8. The molecule has 250 valence electrons. The van der Waals surface area contributed by atoms with E-state index in [1.807, 2.05) is 36.4 Å². The molecule has 0 fully saturated rings. The summed E-state index contributed by atoms with van der Waals surface area (Å²) in [6.45, 7) is 0. The Morgan fingerprint density at radius 1 is 0.415 bits per heavy atom. The first-order valence-corrected chi connectivity index (χ1v) is 17.9. The zero-order valence-corrected chi connectivity index (χ0v) is 28.8. The fraction of sp³-hybridized carbons (Fsp3) is 0.0204. The highest BCUT2D eigenvalue weighted by Crippen LogP contribution is 2.39. The molecule has 0 aliphatic carbocycles. The van der Waals surface area contributed by atoms with Crippen LogP contribution in [0, 0.1) is 0 Å². The molecule has 1 aromatic heterocycles. The van der Waals surface area contributed by atoms with Gasteiger partial charge >= 0.3 is 0 Å². The molecule has 8 aromatic carbocycles. The first-order chi connectivity index (χ1) is 26.2. The monoisotopic (exact) mass is 679 g/mol. The number of rotatable bonds is 6. The molecule has 0 amide bonds. The highest BCUT2D eigenvalue weighted by atomic mass is 16.3. The molecule has 0 spiro atoms. The quantitative estimate of drug-likeness (QED) is 0.190. The van der Waals surface area contributed by atoms with Gasteiger partial charge in [-0.15, -0.1) is 0 Å². The summed E-state index contributed by atoms with van der Waals surface area (Å²) < 4.78 is 6.68. The van der Waals surface area contributed by atoms with Gasteiger partial charge in [-0.1, -0.05) is 176 Å². The Balaban J connectivity index is 1.05. The Morgan fingerprint density at radius 3 is 1.79 bits per heavy atom. The van der Waals surface area contributed by atoms with Crippen LogP contribution >= 0.6 is 0 Å². The zero-order chi connectivity index (χ0) is 35.1. The van der Waals surface area contributed by atoms with Crippen LogP contribution in [0.1, 0.15) is 22.9 Å². The summed E-state index contributed by atoms with van der Waals surface area (Å²) in [5, 5.41) is 8.15. The van der Waals surface area contributed by atoms with E-state index in [0.29, 0.717) is 0 Å². The lowest BCUT2D eigenvalue weighted by Gasteiger charge is -2.23. The van der Waals surface area contributed by atoms with Crippen molar-refractivity contribution >= 4 is 44.4 Å². The number of hydrogen-bond donors (Lipinski definition) is 1. The van der Waals surface area contributed by atoms with Crippen molar-refractivity contribution in [3.63, 3.8) is 0 Å². The summed E-state index contributed by atoms with van der Waals surface area (Å²) in [6.07, 6.45) is -0.431. The number of fused-ring (bicyclic) bond motifs is 4. The van der Waals surface area contributed by atoms with Crippen molar-refractivity contribution in [2.75, 3.05) is 0 Å². The predicted molar refractivity (Wildman–Crippen MR) is 219 cm³/mol. The maximum absolute atomic E-state index is 6.68. The molecule has 10 rings (SSSR count). The third kappa shape index (κ3) is 5.67. The van der Waals surface area contributed by atoms with E-state index in [9.17, 15) is 0 Å². The number of nitrogens with zero attached hydrogens (tertiary/aromatic N) is 2. The Hall–Kier alpha value is -7.04. The first kappa shape index (κ1) is 30.8. The second-order valence-electron chi connectivity index (χ2n) is 13.4. The van der Waals surface area contributed by atoms with E-state index in [2.05, 4.69) is 157 Å². The molecular weight excluding hydrogens is 647 g/mol. The van der Waals surface area contributed by atoms with Crippen molar-refractivity contribution in [1.29, 1.82) is 0 Å². The molecule has 1 aliphatic heterocycles. The maximum atomic E-state index is 6.68. The van der Waals surface area contributed by atoms with Crippen LogP contribution in [0.15, 0.2) is 202 Å². The molecule has 53 heavy (non-hydrogen) atoms. The fourth-order valence-electron chi connectivity index (χ4n) is 7.44. The van der Waals surface area contributed by atoms with E-state index in [1.165, 1.54) is 27.5 Å². The third-order valence-electron chi connectivity index (χ3n) is 10.2. The van der Waals surface area contributed by atoms with Crippen LogP contribution in [0.5, 0.6) is 0 Å². The summed E-state index contributed by atoms with van der Waals surface area (Å²) >= 11 is 0. The van der Waals surface area contributed by atoms with Crippen molar-refractivity contribution in [3.05, 3.63) is 205 Å². The number of hydrogen-bond acceptors (Lipinski definition) is 4. The highest BCUT2D eigenvalue weighted by Gasteiger charge is 2.24. The standard InChI is InChI=1S/C49H33N3O/c1-3-11-32(12-4-1)34-21-26-36(27-22-34)41-17-9-18-42-45-43(19-10-20-44(45)53-46(41)42)49-51-47(37-14-5-2-6-15-37)50-48(52-49)38-28-23-35(24-29-38)40-30-25-33-13-7-8-16-39(33)31-40/h1-31,48H,(H,50,51,52). The van der Waals surface area contributed by atoms with Crippen LogP contribution in [0.2, 0.25) is 0 Å². The number of nitrogens with one attached hydrogen (secondary N) is 1. The topological polar surface area (TPSA) is 49.9 Å². The minimum Gasteiger partial charge on any atom is -0.455 e. The smallest absolute Gasteiger partial charge is 0.169 e. The van der Waals surface area contributed by atoms with Gasteiger partial charge in [0.05, 0.1) is 0 Å². The summed E-state index contributed by atoms with van der Waals surface area (Å²) in [7, 11) is 0. The molecule has 9 aromatic rings. The normalized spacial score (nSPS) is 14.2. The first-order valence-electron chi connectivity index (χ1n) is 17.9. The minimum atomic E-state index is -0.431. The van der Waals surface area contributed by atoms with Gasteiger partial charge in [-0.05, 0) is 56.3 Å². The van der Waals surface area contributed by atoms with Crippen LogP contribution in [-0.2, 0) is 0 Å². The number of para-hydroxylation sites is 1. The molecule has 0 saturated heterocycles. The lowest BCUT2D eigenvalue weighted by molar-refractivity contribution is 0.670. The molecule has 1 N–H and O–H groups in total. The van der Waals surface area contributed by atoms with E-state index >= 15 is 0 Å². The Bertz CT molecular complexity index is 2830. The maximum Gasteiger partial charge on any atom is 0.169 e. The zero-order valence-electron chi connectivity index (χ0n) is 28.8. The molecular formula is C49H33N3O. The van der Waals surface area contributed by atoms with Gasteiger partial charge in [0.2, 0.25) is 0 Å². The van der Waals surface area contributed by atoms with Crippen LogP contribution in [0.25, 0.3) is 66.1 Å². The molecule has 0 saturated carbocycles. The molecule has 0 radical (unpaired) electrons. The average Bonchev–Trinajstić information content (AvgIpc) is 3.63. The third-order valence-corrected chi connectivity index (χ3v) is 10.2. The number of aliphatic imine (C=N–C) groups is 2. The van der Waals surface area contributed by atoms with Crippen molar-refractivity contribution in [1.82, 2.24) is 5.32 Å². The van der Waals surface area contributed by atoms with Gasteiger partial charge in [-0.2, -0.15) is 0 Å². The fourth-order valence-corrected chi connectivity index (χ4v) is 7.44.